The molecule has 0 radical (unpaired) electrons. The first-order valence-electron chi connectivity index (χ1n) is 10.2. The minimum Gasteiger partial charge on any atom is -0.472 e. The lowest BCUT2D eigenvalue weighted by Crippen LogP contribution is -2.44. The van der Waals surface area contributed by atoms with Crippen LogP contribution in [0.5, 0.6) is 5.88 Å². The number of ether oxygens (including phenoxy) is 3. The summed E-state index contributed by atoms with van der Waals surface area (Å²) < 4.78 is 16.6. The van der Waals surface area contributed by atoms with E-state index in [1.54, 1.807) is 27.0 Å². The van der Waals surface area contributed by atoms with Crippen LogP contribution >= 0.6 is 11.3 Å². The monoisotopic (exact) mass is 456 g/mol. The van der Waals surface area contributed by atoms with Gasteiger partial charge in [-0.2, -0.15) is 4.98 Å². The zero-order valence-corrected chi connectivity index (χ0v) is 19.1. The van der Waals surface area contributed by atoms with E-state index in [2.05, 4.69) is 15.0 Å². The van der Waals surface area contributed by atoms with Gasteiger partial charge in [0.05, 0.1) is 19.0 Å². The SMILES string of the molecule is COC(=O)C1CC(Oc2nc(-c3ccccn3)nc3sccc23)CN1C(=O)OC(C)(C)C. The molecule has 2 atom stereocenters. The number of likely N-dealkylation sites (tertiary alicyclic amines) is 1. The lowest BCUT2D eigenvalue weighted by atomic mass is 10.2. The average molecular weight is 457 g/mol. The van der Waals surface area contributed by atoms with Crippen molar-refractivity contribution < 1.29 is 23.8 Å². The van der Waals surface area contributed by atoms with Crippen molar-refractivity contribution in [3.63, 3.8) is 0 Å². The molecule has 4 rings (SSSR count). The molecule has 9 nitrogen and oxygen atoms in total. The van der Waals surface area contributed by atoms with E-state index < -0.39 is 29.8 Å². The van der Waals surface area contributed by atoms with E-state index in [0.29, 0.717) is 17.4 Å². The summed E-state index contributed by atoms with van der Waals surface area (Å²) in [6.07, 6.45) is 0.882. The summed E-state index contributed by atoms with van der Waals surface area (Å²) in [5.41, 5.74) is -0.0639. The molecule has 0 aliphatic carbocycles. The van der Waals surface area contributed by atoms with Crippen molar-refractivity contribution in [3.8, 4) is 17.4 Å². The first kappa shape index (κ1) is 21.9. The van der Waals surface area contributed by atoms with Gasteiger partial charge in [-0.05, 0) is 44.4 Å². The number of hydrogen-bond acceptors (Lipinski definition) is 9. The van der Waals surface area contributed by atoms with Crippen LogP contribution in [0, 0.1) is 0 Å². The van der Waals surface area contributed by atoms with Crippen molar-refractivity contribution in [3.05, 3.63) is 35.8 Å². The number of aromatic nitrogens is 3. The maximum Gasteiger partial charge on any atom is 0.411 e. The van der Waals surface area contributed by atoms with Crippen molar-refractivity contribution in [1.29, 1.82) is 0 Å². The highest BCUT2D eigenvalue weighted by Gasteiger charge is 2.43. The quantitative estimate of drug-likeness (QED) is 0.548. The number of carbonyl (C=O) groups is 2. The van der Waals surface area contributed by atoms with E-state index in [1.807, 2.05) is 29.6 Å². The zero-order chi connectivity index (χ0) is 22.9. The van der Waals surface area contributed by atoms with E-state index in [9.17, 15) is 9.59 Å². The molecular weight excluding hydrogens is 432 g/mol. The highest BCUT2D eigenvalue weighted by atomic mass is 32.1. The summed E-state index contributed by atoms with van der Waals surface area (Å²) >= 11 is 1.47. The molecule has 32 heavy (non-hydrogen) atoms. The molecule has 0 bridgehead atoms. The first-order valence-corrected chi connectivity index (χ1v) is 11.0. The third kappa shape index (κ3) is 4.64. The van der Waals surface area contributed by atoms with Crippen LogP contribution in [0.4, 0.5) is 4.79 Å². The number of nitrogens with zero attached hydrogens (tertiary/aromatic N) is 4. The van der Waals surface area contributed by atoms with Crippen molar-refractivity contribution >= 4 is 33.6 Å². The smallest absolute Gasteiger partial charge is 0.411 e. The number of thiophene rings is 1. The van der Waals surface area contributed by atoms with Gasteiger partial charge >= 0.3 is 12.1 Å². The summed E-state index contributed by atoms with van der Waals surface area (Å²) in [6.45, 7) is 5.49. The number of methoxy groups -OCH3 is 1. The van der Waals surface area contributed by atoms with Crippen LogP contribution < -0.4 is 4.74 Å². The van der Waals surface area contributed by atoms with Gasteiger partial charge < -0.3 is 14.2 Å². The minimum absolute atomic E-state index is 0.170. The Morgan fingerprint density at radius 1 is 1.19 bits per heavy atom. The van der Waals surface area contributed by atoms with E-state index >= 15 is 0 Å². The van der Waals surface area contributed by atoms with Crippen LogP contribution in [-0.4, -0.2) is 63.3 Å². The van der Waals surface area contributed by atoms with Crippen LogP contribution in [0.2, 0.25) is 0 Å². The van der Waals surface area contributed by atoms with Gasteiger partial charge in [0, 0.05) is 12.6 Å². The average Bonchev–Trinajstić information content (AvgIpc) is 3.40. The molecule has 1 amide bonds. The molecule has 3 aromatic heterocycles. The van der Waals surface area contributed by atoms with Crippen molar-refractivity contribution in [2.45, 2.75) is 44.9 Å². The summed E-state index contributed by atoms with van der Waals surface area (Å²) in [5.74, 6) is 0.318. The lowest BCUT2D eigenvalue weighted by molar-refractivity contribution is -0.145. The number of rotatable bonds is 4. The second-order valence-electron chi connectivity index (χ2n) is 8.35. The Hall–Kier alpha value is -3.27. The molecule has 1 saturated heterocycles. The fraction of sp³-hybridized carbons (Fsp3) is 0.409. The standard InChI is InChI=1S/C22H24N4O5S/c1-22(2,3)31-21(28)26-12-13(11-16(26)20(27)29-4)30-18-14-8-10-32-19(14)25-17(24-18)15-7-5-6-9-23-15/h5-10,13,16H,11-12H2,1-4H3. The second-order valence-corrected chi connectivity index (χ2v) is 9.25. The number of pyridine rings is 1. The molecular formula is C22H24N4O5S. The van der Waals surface area contributed by atoms with Gasteiger partial charge in [-0.25, -0.2) is 14.6 Å². The molecule has 168 valence electrons. The zero-order valence-electron chi connectivity index (χ0n) is 18.3. The number of esters is 1. The summed E-state index contributed by atoms with van der Waals surface area (Å²) in [7, 11) is 1.29. The van der Waals surface area contributed by atoms with Gasteiger partial charge in [-0.1, -0.05) is 6.07 Å². The fourth-order valence-electron chi connectivity index (χ4n) is 3.45. The fourth-order valence-corrected chi connectivity index (χ4v) is 4.20. The van der Waals surface area contributed by atoms with Gasteiger partial charge in [0.25, 0.3) is 0 Å². The van der Waals surface area contributed by atoms with Crippen molar-refractivity contribution in [1.82, 2.24) is 19.9 Å². The number of carbonyl (C=O) groups excluding carboxylic acids is 2. The molecule has 4 heterocycles. The van der Waals surface area contributed by atoms with Gasteiger partial charge in [0.1, 0.15) is 28.3 Å². The van der Waals surface area contributed by atoms with Gasteiger partial charge in [-0.15, -0.1) is 11.3 Å². The molecule has 0 spiro atoms. The number of fused-ring (bicyclic) bond motifs is 1. The Labute approximate surface area is 189 Å². The maximum absolute atomic E-state index is 12.7. The van der Waals surface area contributed by atoms with E-state index in [-0.39, 0.29) is 13.0 Å². The Bertz CT molecular complexity index is 1130. The first-order chi connectivity index (χ1) is 15.2. The normalized spacial score (nSPS) is 18.6. The van der Waals surface area contributed by atoms with Gasteiger partial charge in [0.2, 0.25) is 5.88 Å². The summed E-state index contributed by atoms with van der Waals surface area (Å²) in [6, 6.07) is 6.60. The Balaban J connectivity index is 1.62. The number of amides is 1. The predicted octanol–water partition coefficient (Wildman–Crippen LogP) is 3.68. The molecule has 1 fully saturated rings. The summed E-state index contributed by atoms with van der Waals surface area (Å²) in [4.78, 5) is 40.7. The third-order valence-electron chi connectivity index (χ3n) is 4.83. The second kappa shape index (κ2) is 8.70. The van der Waals surface area contributed by atoms with Crippen LogP contribution in [0.3, 0.4) is 0 Å². The largest absolute Gasteiger partial charge is 0.472 e. The van der Waals surface area contributed by atoms with Crippen LogP contribution in [0.15, 0.2) is 35.8 Å². The highest BCUT2D eigenvalue weighted by molar-refractivity contribution is 7.16. The van der Waals surface area contributed by atoms with Crippen molar-refractivity contribution in [2.24, 2.45) is 0 Å². The highest BCUT2D eigenvalue weighted by Crippen LogP contribution is 2.32. The molecule has 0 N–H and O–H groups in total. The maximum atomic E-state index is 12.7. The minimum atomic E-state index is -0.796. The molecule has 1 aliphatic rings. The third-order valence-corrected chi connectivity index (χ3v) is 5.63. The molecule has 0 saturated carbocycles. The Morgan fingerprint density at radius 3 is 2.69 bits per heavy atom. The Kier molecular flexibility index (Phi) is 5.96. The van der Waals surface area contributed by atoms with Crippen molar-refractivity contribution in [2.75, 3.05) is 13.7 Å². The molecule has 10 heteroatoms. The van der Waals surface area contributed by atoms with E-state index in [4.69, 9.17) is 14.2 Å². The Morgan fingerprint density at radius 2 is 2.00 bits per heavy atom. The topological polar surface area (TPSA) is 104 Å². The number of hydrogen-bond donors (Lipinski definition) is 0. The van der Waals surface area contributed by atoms with E-state index in [1.165, 1.54) is 23.3 Å². The molecule has 0 aromatic carbocycles. The lowest BCUT2D eigenvalue weighted by Gasteiger charge is -2.27. The van der Waals surface area contributed by atoms with Crippen LogP contribution in [0.25, 0.3) is 21.7 Å². The molecule has 1 aliphatic heterocycles. The van der Waals surface area contributed by atoms with Gasteiger partial charge in [-0.3, -0.25) is 9.88 Å². The van der Waals surface area contributed by atoms with Crippen LogP contribution in [-0.2, 0) is 14.3 Å². The van der Waals surface area contributed by atoms with E-state index in [0.717, 1.165) is 10.2 Å². The molecule has 2 unspecified atom stereocenters. The predicted molar refractivity (Wildman–Crippen MR) is 118 cm³/mol. The van der Waals surface area contributed by atoms with Gasteiger partial charge in [0.15, 0.2) is 5.82 Å². The molecule has 3 aromatic rings. The summed E-state index contributed by atoms with van der Waals surface area (Å²) in [5, 5.41) is 2.67. The van der Waals surface area contributed by atoms with Crippen LogP contribution in [0.1, 0.15) is 27.2 Å².